The van der Waals surface area contributed by atoms with Crippen molar-refractivity contribution in [3.8, 4) is 5.75 Å². The number of hydrogen-bond acceptors (Lipinski definition) is 2. The van der Waals surface area contributed by atoms with E-state index in [4.69, 9.17) is 15.9 Å². The molecule has 16 heavy (non-hydrogen) atoms. The quantitative estimate of drug-likeness (QED) is 0.609. The van der Waals surface area contributed by atoms with Gasteiger partial charge in [0.2, 0.25) is 0 Å². The van der Waals surface area contributed by atoms with Gasteiger partial charge in [-0.15, -0.1) is 0 Å². The van der Waals surface area contributed by atoms with Crippen LogP contribution in [0.2, 0.25) is 0 Å². The van der Waals surface area contributed by atoms with Crippen molar-refractivity contribution in [1.29, 1.82) is 5.41 Å². The van der Waals surface area contributed by atoms with Gasteiger partial charge in [0, 0.05) is 5.56 Å². The predicted molar refractivity (Wildman–Crippen MR) is 55.6 cm³/mol. The molecule has 0 spiro atoms. The highest BCUT2D eigenvalue weighted by atomic mass is 19.1. The molecule has 0 aromatic heterocycles. The maximum atomic E-state index is 13.4. The Morgan fingerprint density at radius 3 is 2.38 bits per heavy atom. The summed E-state index contributed by atoms with van der Waals surface area (Å²) in [5, 5.41) is 7.08. The van der Waals surface area contributed by atoms with Crippen molar-refractivity contribution in [2.24, 2.45) is 11.7 Å². The molecule has 0 bridgehead atoms. The van der Waals surface area contributed by atoms with Crippen LogP contribution in [0.3, 0.4) is 0 Å². The number of nitrogens with one attached hydrogen (secondary N) is 1. The molecule has 5 heteroatoms. The molecule has 0 aliphatic heterocycles. The molecule has 1 aromatic rings. The molecule has 1 aliphatic rings. The molecule has 1 saturated carbocycles. The van der Waals surface area contributed by atoms with Crippen LogP contribution >= 0.6 is 0 Å². The lowest BCUT2D eigenvalue weighted by Crippen LogP contribution is -2.13. The summed E-state index contributed by atoms with van der Waals surface area (Å²) in [6, 6.07) is 2.02. The normalized spacial score (nSPS) is 14.9. The second kappa shape index (κ2) is 4.08. The highest BCUT2D eigenvalue weighted by molar-refractivity contribution is 5.95. The van der Waals surface area contributed by atoms with E-state index in [-0.39, 0.29) is 17.1 Å². The Labute approximate surface area is 91.7 Å². The molecule has 0 unspecified atom stereocenters. The Morgan fingerprint density at radius 1 is 1.38 bits per heavy atom. The van der Waals surface area contributed by atoms with E-state index in [0.29, 0.717) is 12.5 Å². The van der Waals surface area contributed by atoms with Crippen LogP contribution in [0.4, 0.5) is 8.78 Å². The monoisotopic (exact) mass is 226 g/mol. The third-order valence-electron chi connectivity index (χ3n) is 2.47. The number of halogens is 2. The molecule has 1 fully saturated rings. The van der Waals surface area contributed by atoms with Crippen molar-refractivity contribution in [2.75, 3.05) is 6.61 Å². The standard InChI is InChI=1S/C11H12F2N2O/c12-8-3-7(11(14)15)4-9(13)10(8)16-5-6-1-2-6/h3-4,6H,1-2,5H2,(H3,14,15). The largest absolute Gasteiger partial charge is 0.487 e. The van der Waals surface area contributed by atoms with Crippen LogP contribution in [-0.2, 0) is 0 Å². The van der Waals surface area contributed by atoms with E-state index in [1.807, 2.05) is 0 Å². The van der Waals surface area contributed by atoms with E-state index in [9.17, 15) is 8.78 Å². The fourth-order valence-corrected chi connectivity index (χ4v) is 1.34. The number of hydrogen-bond donors (Lipinski definition) is 2. The number of nitrogen functional groups attached to an aromatic ring is 1. The van der Waals surface area contributed by atoms with Gasteiger partial charge < -0.3 is 10.5 Å². The molecule has 0 atom stereocenters. The van der Waals surface area contributed by atoms with Crippen LogP contribution in [0, 0.1) is 23.0 Å². The molecule has 0 radical (unpaired) electrons. The summed E-state index contributed by atoms with van der Waals surface area (Å²) in [7, 11) is 0. The molecule has 3 nitrogen and oxygen atoms in total. The predicted octanol–water partition coefficient (Wildman–Crippen LogP) is 2.04. The van der Waals surface area contributed by atoms with Crippen LogP contribution in [0.25, 0.3) is 0 Å². The van der Waals surface area contributed by atoms with Gasteiger partial charge in [-0.3, -0.25) is 5.41 Å². The second-order valence-corrected chi connectivity index (χ2v) is 3.94. The zero-order valence-corrected chi connectivity index (χ0v) is 8.59. The number of benzene rings is 1. The fraction of sp³-hybridized carbons (Fsp3) is 0.364. The highest BCUT2D eigenvalue weighted by Gasteiger charge is 2.23. The molecule has 86 valence electrons. The van der Waals surface area contributed by atoms with Gasteiger partial charge in [-0.05, 0) is 30.9 Å². The second-order valence-electron chi connectivity index (χ2n) is 3.94. The minimum absolute atomic E-state index is 0.0220. The first kappa shape index (κ1) is 10.9. The molecule has 0 saturated heterocycles. The van der Waals surface area contributed by atoms with Crippen LogP contribution in [-0.4, -0.2) is 12.4 Å². The zero-order chi connectivity index (χ0) is 11.7. The van der Waals surface area contributed by atoms with Gasteiger partial charge in [0.1, 0.15) is 5.84 Å². The minimum Gasteiger partial charge on any atom is -0.487 e. The third kappa shape index (κ3) is 2.29. The van der Waals surface area contributed by atoms with Crippen molar-refractivity contribution < 1.29 is 13.5 Å². The van der Waals surface area contributed by atoms with E-state index in [1.165, 1.54) is 0 Å². The van der Waals surface area contributed by atoms with E-state index in [2.05, 4.69) is 0 Å². The number of rotatable bonds is 4. The summed E-state index contributed by atoms with van der Waals surface area (Å²) in [6.07, 6.45) is 2.10. The maximum Gasteiger partial charge on any atom is 0.190 e. The summed E-state index contributed by atoms with van der Waals surface area (Å²) in [5.74, 6) is -1.95. The van der Waals surface area contributed by atoms with Gasteiger partial charge >= 0.3 is 0 Å². The molecular weight excluding hydrogens is 214 g/mol. The van der Waals surface area contributed by atoms with Crippen molar-refractivity contribution in [2.45, 2.75) is 12.8 Å². The van der Waals surface area contributed by atoms with Gasteiger partial charge in [0.25, 0.3) is 0 Å². The van der Waals surface area contributed by atoms with E-state index in [0.717, 1.165) is 25.0 Å². The summed E-state index contributed by atoms with van der Waals surface area (Å²) in [5.41, 5.74) is 5.16. The van der Waals surface area contributed by atoms with Crippen LogP contribution in [0.15, 0.2) is 12.1 Å². The van der Waals surface area contributed by atoms with Crippen molar-refractivity contribution in [3.63, 3.8) is 0 Å². The van der Waals surface area contributed by atoms with Crippen molar-refractivity contribution in [1.82, 2.24) is 0 Å². The summed E-state index contributed by atoms with van der Waals surface area (Å²) < 4.78 is 31.9. The average molecular weight is 226 g/mol. The van der Waals surface area contributed by atoms with Gasteiger partial charge in [0.15, 0.2) is 17.4 Å². The molecule has 2 rings (SSSR count). The average Bonchev–Trinajstić information content (AvgIpc) is 2.99. The van der Waals surface area contributed by atoms with Crippen LogP contribution in [0.5, 0.6) is 5.75 Å². The topological polar surface area (TPSA) is 59.1 Å². The van der Waals surface area contributed by atoms with E-state index in [1.54, 1.807) is 0 Å². The Morgan fingerprint density at radius 2 is 1.94 bits per heavy atom. The van der Waals surface area contributed by atoms with Crippen molar-refractivity contribution >= 4 is 5.84 Å². The zero-order valence-electron chi connectivity index (χ0n) is 8.59. The molecule has 3 N–H and O–H groups in total. The van der Waals surface area contributed by atoms with Crippen LogP contribution < -0.4 is 10.5 Å². The van der Waals surface area contributed by atoms with E-state index < -0.39 is 11.6 Å². The molecule has 0 amide bonds. The number of amidine groups is 1. The molecular formula is C11H12F2N2O. The van der Waals surface area contributed by atoms with Gasteiger partial charge in [-0.25, -0.2) is 8.78 Å². The molecule has 1 aromatic carbocycles. The lowest BCUT2D eigenvalue weighted by molar-refractivity contribution is 0.270. The Hall–Kier alpha value is -1.65. The third-order valence-corrected chi connectivity index (χ3v) is 2.47. The first-order valence-electron chi connectivity index (χ1n) is 5.04. The van der Waals surface area contributed by atoms with Gasteiger partial charge in [-0.1, -0.05) is 0 Å². The van der Waals surface area contributed by atoms with Gasteiger partial charge in [0.05, 0.1) is 6.61 Å². The highest BCUT2D eigenvalue weighted by Crippen LogP contribution is 2.31. The van der Waals surface area contributed by atoms with Crippen molar-refractivity contribution in [3.05, 3.63) is 29.3 Å². The van der Waals surface area contributed by atoms with Crippen LogP contribution in [0.1, 0.15) is 18.4 Å². The Kier molecular flexibility index (Phi) is 2.77. The minimum atomic E-state index is -0.814. The molecule has 1 aliphatic carbocycles. The molecule has 0 heterocycles. The summed E-state index contributed by atoms with van der Waals surface area (Å²) in [4.78, 5) is 0. The Balaban J connectivity index is 2.19. The van der Waals surface area contributed by atoms with Gasteiger partial charge in [-0.2, -0.15) is 0 Å². The number of nitrogens with two attached hydrogens (primary N) is 1. The number of ether oxygens (including phenoxy) is 1. The SMILES string of the molecule is N=C(N)c1cc(F)c(OCC2CC2)c(F)c1. The lowest BCUT2D eigenvalue weighted by Gasteiger charge is -2.09. The Bertz CT molecular complexity index is 407. The first-order chi connectivity index (χ1) is 7.58. The lowest BCUT2D eigenvalue weighted by atomic mass is 10.2. The fourth-order valence-electron chi connectivity index (χ4n) is 1.34. The smallest absolute Gasteiger partial charge is 0.190 e. The first-order valence-corrected chi connectivity index (χ1v) is 5.04. The summed E-state index contributed by atoms with van der Waals surface area (Å²) >= 11 is 0. The summed E-state index contributed by atoms with van der Waals surface area (Å²) in [6.45, 7) is 0.341. The van der Waals surface area contributed by atoms with E-state index >= 15 is 0 Å². The maximum absolute atomic E-state index is 13.4.